The number of carbonyl (C=O) groups excluding carboxylic acids is 1. The summed E-state index contributed by atoms with van der Waals surface area (Å²) in [7, 11) is 0. The monoisotopic (exact) mass is 271 g/mol. The van der Waals surface area contributed by atoms with Crippen LogP contribution in [-0.2, 0) is 11.3 Å². The molecule has 108 valence electrons. The molecular weight excluding hydrogens is 246 g/mol. The van der Waals surface area contributed by atoms with Gasteiger partial charge in [-0.25, -0.2) is 0 Å². The van der Waals surface area contributed by atoms with Crippen molar-refractivity contribution in [1.29, 1.82) is 0 Å². The maximum Gasteiger partial charge on any atom is 0.226 e. The van der Waals surface area contributed by atoms with E-state index in [4.69, 9.17) is 0 Å². The van der Waals surface area contributed by atoms with Crippen molar-refractivity contribution in [3.63, 3.8) is 0 Å². The van der Waals surface area contributed by atoms with Crippen LogP contribution in [0.3, 0.4) is 0 Å². The Hall–Kier alpha value is -1.31. The van der Waals surface area contributed by atoms with Crippen molar-refractivity contribution in [3.8, 4) is 0 Å². The number of hydrogen-bond acceptors (Lipinski definition) is 1. The van der Waals surface area contributed by atoms with Crippen molar-refractivity contribution < 1.29 is 4.79 Å². The molecule has 2 aliphatic carbocycles. The van der Waals surface area contributed by atoms with Gasteiger partial charge in [0.15, 0.2) is 0 Å². The molecule has 1 aromatic carbocycles. The summed E-state index contributed by atoms with van der Waals surface area (Å²) in [6, 6.07) is 9.10. The van der Waals surface area contributed by atoms with E-state index in [0.717, 1.165) is 19.4 Å². The van der Waals surface area contributed by atoms with E-state index < -0.39 is 0 Å². The van der Waals surface area contributed by atoms with Gasteiger partial charge in [-0.15, -0.1) is 0 Å². The largest absolute Gasteiger partial charge is 0.335 e. The number of carbonyl (C=O) groups is 1. The lowest BCUT2D eigenvalue weighted by Gasteiger charge is -2.29. The first-order valence-corrected chi connectivity index (χ1v) is 8.10. The summed E-state index contributed by atoms with van der Waals surface area (Å²) in [6.07, 6.45) is 8.39. The van der Waals surface area contributed by atoms with Crippen molar-refractivity contribution in [3.05, 3.63) is 35.4 Å². The summed E-state index contributed by atoms with van der Waals surface area (Å²) >= 11 is 0. The maximum absolute atomic E-state index is 12.8. The summed E-state index contributed by atoms with van der Waals surface area (Å²) < 4.78 is 0. The molecule has 0 spiro atoms. The molecule has 0 aliphatic heterocycles. The molecule has 3 rings (SSSR count). The van der Waals surface area contributed by atoms with E-state index >= 15 is 0 Å². The van der Waals surface area contributed by atoms with Gasteiger partial charge in [-0.2, -0.15) is 0 Å². The molecule has 2 saturated carbocycles. The predicted octanol–water partition coefficient (Wildman–Crippen LogP) is 4.07. The minimum absolute atomic E-state index is 0.300. The van der Waals surface area contributed by atoms with Gasteiger partial charge in [0.2, 0.25) is 5.91 Å². The van der Waals surface area contributed by atoms with Crippen LogP contribution in [0.25, 0.3) is 0 Å². The Morgan fingerprint density at radius 1 is 1.15 bits per heavy atom. The van der Waals surface area contributed by atoms with Crippen LogP contribution in [-0.4, -0.2) is 16.8 Å². The third-order valence-electron chi connectivity index (χ3n) is 4.66. The van der Waals surface area contributed by atoms with E-state index in [-0.39, 0.29) is 0 Å². The van der Waals surface area contributed by atoms with Crippen LogP contribution >= 0.6 is 0 Å². The molecular formula is C18H25NO. The minimum atomic E-state index is 0.300. The lowest BCUT2D eigenvalue weighted by atomic mass is 9.88. The molecule has 0 atom stereocenters. The molecule has 20 heavy (non-hydrogen) atoms. The molecule has 1 aromatic rings. The summed E-state index contributed by atoms with van der Waals surface area (Å²) in [5.41, 5.74) is 2.56. The number of benzene rings is 1. The molecule has 0 bridgehead atoms. The Kier molecular flexibility index (Phi) is 4.09. The molecule has 2 aliphatic rings. The van der Waals surface area contributed by atoms with Crippen molar-refractivity contribution >= 4 is 5.91 Å². The first kappa shape index (κ1) is 13.7. The number of aryl methyl sites for hydroxylation is 1. The number of rotatable bonds is 4. The zero-order valence-corrected chi connectivity index (χ0v) is 12.5. The quantitative estimate of drug-likeness (QED) is 0.808. The first-order chi connectivity index (χ1) is 9.74. The standard InChI is InChI=1S/C18H25NO/c1-14-6-5-7-15(12-14)13-19(17-10-11-17)18(20)16-8-3-2-4-9-16/h5-7,12,16-17H,2-4,8-11,13H2,1H3. The maximum atomic E-state index is 12.8. The van der Waals surface area contributed by atoms with Crippen molar-refractivity contribution in [1.82, 2.24) is 4.90 Å². The fraction of sp³-hybridized carbons (Fsp3) is 0.611. The SMILES string of the molecule is Cc1cccc(CN(C(=O)C2CCCCC2)C2CC2)c1. The van der Waals surface area contributed by atoms with Gasteiger partial charge in [-0.05, 0) is 38.2 Å². The van der Waals surface area contributed by atoms with Crippen LogP contribution in [0.15, 0.2) is 24.3 Å². The Bertz CT molecular complexity index is 472. The molecule has 0 saturated heterocycles. The fourth-order valence-corrected chi connectivity index (χ4v) is 3.36. The number of hydrogen-bond donors (Lipinski definition) is 0. The van der Waals surface area contributed by atoms with Crippen LogP contribution in [0.2, 0.25) is 0 Å². The Labute approximate surface area is 122 Å². The van der Waals surface area contributed by atoms with Gasteiger partial charge >= 0.3 is 0 Å². The topological polar surface area (TPSA) is 20.3 Å². The normalized spacial score (nSPS) is 19.9. The van der Waals surface area contributed by atoms with Gasteiger partial charge in [0, 0.05) is 18.5 Å². The molecule has 2 heteroatoms. The molecule has 0 N–H and O–H groups in total. The predicted molar refractivity (Wildman–Crippen MR) is 81.3 cm³/mol. The highest BCUT2D eigenvalue weighted by Gasteiger charge is 2.35. The minimum Gasteiger partial charge on any atom is -0.335 e. The van der Waals surface area contributed by atoms with Crippen LogP contribution in [0, 0.1) is 12.8 Å². The highest BCUT2D eigenvalue weighted by molar-refractivity contribution is 5.79. The van der Waals surface area contributed by atoms with Gasteiger partial charge in [0.1, 0.15) is 0 Å². The third-order valence-corrected chi connectivity index (χ3v) is 4.66. The average molecular weight is 271 g/mol. The molecule has 1 amide bonds. The molecule has 0 unspecified atom stereocenters. The lowest BCUT2D eigenvalue weighted by molar-refractivity contribution is -0.137. The van der Waals surface area contributed by atoms with E-state index in [1.165, 1.54) is 43.2 Å². The third kappa shape index (κ3) is 3.23. The van der Waals surface area contributed by atoms with Gasteiger partial charge in [0.05, 0.1) is 0 Å². The van der Waals surface area contributed by atoms with Gasteiger partial charge < -0.3 is 4.90 Å². The van der Waals surface area contributed by atoms with Gasteiger partial charge in [-0.1, -0.05) is 49.1 Å². The molecule has 0 aromatic heterocycles. The van der Waals surface area contributed by atoms with Crippen LogP contribution < -0.4 is 0 Å². The lowest BCUT2D eigenvalue weighted by Crippen LogP contribution is -2.38. The average Bonchev–Trinajstić information content (AvgIpc) is 3.30. The second-order valence-electron chi connectivity index (χ2n) is 6.52. The number of nitrogens with zero attached hydrogens (tertiary/aromatic N) is 1. The fourth-order valence-electron chi connectivity index (χ4n) is 3.36. The Morgan fingerprint density at radius 3 is 2.55 bits per heavy atom. The van der Waals surface area contributed by atoms with E-state index in [1.807, 2.05) is 0 Å². The highest BCUT2D eigenvalue weighted by Crippen LogP contribution is 2.33. The Morgan fingerprint density at radius 2 is 1.90 bits per heavy atom. The van der Waals surface area contributed by atoms with Crippen LogP contribution in [0.4, 0.5) is 0 Å². The zero-order chi connectivity index (χ0) is 13.9. The smallest absolute Gasteiger partial charge is 0.226 e. The second kappa shape index (κ2) is 5.99. The first-order valence-electron chi connectivity index (χ1n) is 8.10. The molecule has 0 radical (unpaired) electrons. The van der Waals surface area contributed by atoms with Gasteiger partial charge in [-0.3, -0.25) is 4.79 Å². The molecule has 2 fully saturated rings. The van der Waals surface area contributed by atoms with Crippen LogP contribution in [0.5, 0.6) is 0 Å². The number of amides is 1. The molecule has 2 nitrogen and oxygen atoms in total. The summed E-state index contributed by atoms with van der Waals surface area (Å²) in [5, 5.41) is 0. The van der Waals surface area contributed by atoms with E-state index in [1.54, 1.807) is 0 Å². The summed E-state index contributed by atoms with van der Waals surface area (Å²) in [4.78, 5) is 15.0. The van der Waals surface area contributed by atoms with Crippen molar-refractivity contribution in [2.45, 2.75) is 64.5 Å². The van der Waals surface area contributed by atoms with Crippen molar-refractivity contribution in [2.24, 2.45) is 5.92 Å². The highest BCUT2D eigenvalue weighted by atomic mass is 16.2. The zero-order valence-electron chi connectivity index (χ0n) is 12.5. The van der Waals surface area contributed by atoms with E-state index in [0.29, 0.717) is 17.9 Å². The second-order valence-corrected chi connectivity index (χ2v) is 6.52. The summed E-state index contributed by atoms with van der Waals surface area (Å²) in [6.45, 7) is 2.93. The van der Waals surface area contributed by atoms with Crippen molar-refractivity contribution in [2.75, 3.05) is 0 Å². The Balaban J connectivity index is 1.70. The molecule has 0 heterocycles. The van der Waals surface area contributed by atoms with E-state index in [9.17, 15) is 4.79 Å². The van der Waals surface area contributed by atoms with Gasteiger partial charge in [0.25, 0.3) is 0 Å². The summed E-state index contributed by atoms with van der Waals surface area (Å²) in [5.74, 6) is 0.725. The van der Waals surface area contributed by atoms with E-state index in [2.05, 4.69) is 36.1 Å². The van der Waals surface area contributed by atoms with Crippen LogP contribution in [0.1, 0.15) is 56.1 Å².